The summed E-state index contributed by atoms with van der Waals surface area (Å²) < 4.78 is 15.9. The predicted octanol–water partition coefficient (Wildman–Crippen LogP) is 1.91. The molecule has 0 bridgehead atoms. The molecular formula is C31H37N3O9. The highest BCUT2D eigenvalue weighted by Crippen LogP contribution is 2.14. The number of rotatable bonds is 10. The largest absolute Gasteiger partial charge is 0.461 e. The van der Waals surface area contributed by atoms with Crippen LogP contribution in [-0.2, 0) is 46.6 Å². The van der Waals surface area contributed by atoms with Crippen LogP contribution in [0.2, 0.25) is 0 Å². The van der Waals surface area contributed by atoms with Crippen molar-refractivity contribution in [3.05, 3.63) is 83.9 Å². The van der Waals surface area contributed by atoms with Gasteiger partial charge in [0, 0.05) is 12.5 Å². The van der Waals surface area contributed by atoms with Crippen LogP contribution in [0, 0.1) is 5.92 Å². The Balaban J connectivity index is 1.73. The Morgan fingerprint density at radius 1 is 0.953 bits per heavy atom. The molecule has 230 valence electrons. The molecule has 0 saturated heterocycles. The minimum absolute atomic E-state index is 0.00444. The Morgan fingerprint density at radius 2 is 1.56 bits per heavy atom. The van der Waals surface area contributed by atoms with Gasteiger partial charge in [-0.1, -0.05) is 72.8 Å². The van der Waals surface area contributed by atoms with Crippen LogP contribution in [0.3, 0.4) is 0 Å². The van der Waals surface area contributed by atoms with Crippen molar-refractivity contribution in [3.63, 3.8) is 0 Å². The van der Waals surface area contributed by atoms with Gasteiger partial charge in [-0.3, -0.25) is 9.59 Å². The molecule has 0 aliphatic carbocycles. The Labute approximate surface area is 249 Å². The smallest absolute Gasteiger partial charge is 0.408 e. The van der Waals surface area contributed by atoms with Crippen molar-refractivity contribution in [2.24, 2.45) is 5.92 Å². The van der Waals surface area contributed by atoms with Crippen molar-refractivity contribution in [2.45, 2.75) is 57.5 Å². The lowest BCUT2D eigenvalue weighted by Gasteiger charge is -2.23. The zero-order valence-corrected chi connectivity index (χ0v) is 23.9. The van der Waals surface area contributed by atoms with E-state index in [1.54, 1.807) is 67.6 Å². The standard InChI is InChI=1S/C31H37N3O9/c1-21(17-35)32-27(36)16-24-14-8-9-15-25(34-31(40)43-19-23-12-6-3-7-13-23)29(38)42-20-26(33-28(24)37)30(39)41-18-22-10-4-2-5-11-22/h2-13,21,24-26,35H,14-20H2,1H3,(H,32,36)(H,33,37)(H,34,40)/t21-,24-,25-,26-/m1/s1. The summed E-state index contributed by atoms with van der Waals surface area (Å²) in [6, 6.07) is 14.9. The molecule has 0 aromatic heterocycles. The van der Waals surface area contributed by atoms with Crippen molar-refractivity contribution >= 4 is 29.8 Å². The number of aliphatic hydroxyl groups excluding tert-OH is 1. The molecule has 4 atom stereocenters. The zero-order valence-electron chi connectivity index (χ0n) is 23.9. The number of carbonyl (C=O) groups is 5. The number of alkyl carbamates (subject to hydrolysis) is 1. The van der Waals surface area contributed by atoms with Crippen molar-refractivity contribution in [1.29, 1.82) is 0 Å². The maximum atomic E-state index is 13.2. The Kier molecular flexibility index (Phi) is 13.2. The van der Waals surface area contributed by atoms with Gasteiger partial charge >= 0.3 is 18.0 Å². The highest BCUT2D eigenvalue weighted by atomic mass is 16.6. The Bertz CT molecular complexity index is 1250. The summed E-state index contributed by atoms with van der Waals surface area (Å²) in [5.74, 6) is -3.65. The lowest BCUT2D eigenvalue weighted by Crippen LogP contribution is -2.50. The third-order valence-electron chi connectivity index (χ3n) is 6.45. The molecule has 3 amide bonds. The van der Waals surface area contributed by atoms with Crippen LogP contribution in [0.15, 0.2) is 72.8 Å². The molecule has 0 radical (unpaired) electrons. The molecule has 2 aromatic rings. The van der Waals surface area contributed by atoms with Crippen LogP contribution >= 0.6 is 0 Å². The number of nitrogens with one attached hydrogen (secondary N) is 3. The SMILES string of the molecule is C[C@H](CO)NC(=O)C[C@H]1CC=CC[C@@H](NC(=O)OCc2ccccc2)C(=O)OC[C@H](C(=O)OCc2ccccc2)NC1=O. The third kappa shape index (κ3) is 11.6. The molecular weight excluding hydrogens is 558 g/mol. The number of hydrogen-bond donors (Lipinski definition) is 4. The summed E-state index contributed by atoms with van der Waals surface area (Å²) in [7, 11) is 0. The van der Waals surface area contributed by atoms with Gasteiger partial charge in [-0.25, -0.2) is 14.4 Å². The van der Waals surface area contributed by atoms with Gasteiger partial charge in [0.2, 0.25) is 11.8 Å². The van der Waals surface area contributed by atoms with E-state index in [2.05, 4.69) is 16.0 Å². The number of cyclic esters (lactones) is 1. The molecule has 12 nitrogen and oxygen atoms in total. The van der Waals surface area contributed by atoms with Crippen LogP contribution < -0.4 is 16.0 Å². The molecule has 2 aromatic carbocycles. The van der Waals surface area contributed by atoms with Gasteiger partial charge in [-0.15, -0.1) is 0 Å². The van der Waals surface area contributed by atoms with Crippen LogP contribution in [0.1, 0.15) is 37.3 Å². The van der Waals surface area contributed by atoms with Crippen molar-refractivity contribution in [3.8, 4) is 0 Å². The third-order valence-corrected chi connectivity index (χ3v) is 6.45. The van der Waals surface area contributed by atoms with E-state index < -0.39 is 60.5 Å². The predicted molar refractivity (Wildman–Crippen MR) is 154 cm³/mol. The molecule has 1 aliphatic rings. The first-order chi connectivity index (χ1) is 20.7. The van der Waals surface area contributed by atoms with Crippen LogP contribution in [0.25, 0.3) is 0 Å². The lowest BCUT2D eigenvalue weighted by molar-refractivity contribution is -0.156. The number of ether oxygens (including phenoxy) is 3. The second-order valence-corrected chi connectivity index (χ2v) is 10.0. The minimum atomic E-state index is -1.38. The summed E-state index contributed by atoms with van der Waals surface area (Å²) in [5.41, 5.74) is 1.47. The van der Waals surface area contributed by atoms with Crippen LogP contribution in [-0.4, -0.2) is 66.3 Å². The number of benzene rings is 2. The summed E-state index contributed by atoms with van der Waals surface area (Å²) >= 11 is 0. The number of esters is 2. The summed E-state index contributed by atoms with van der Waals surface area (Å²) in [6.45, 7) is 0.685. The van der Waals surface area contributed by atoms with E-state index in [1.807, 2.05) is 12.1 Å². The molecule has 4 N–H and O–H groups in total. The molecule has 0 spiro atoms. The van der Waals surface area contributed by atoms with Gasteiger partial charge in [0.15, 0.2) is 6.04 Å². The number of amides is 3. The van der Waals surface area contributed by atoms with E-state index in [4.69, 9.17) is 14.2 Å². The van der Waals surface area contributed by atoms with E-state index in [1.165, 1.54) is 0 Å². The van der Waals surface area contributed by atoms with Crippen molar-refractivity contribution in [1.82, 2.24) is 16.0 Å². The molecule has 1 heterocycles. The highest BCUT2D eigenvalue weighted by Gasteiger charge is 2.31. The molecule has 43 heavy (non-hydrogen) atoms. The fourth-order valence-corrected chi connectivity index (χ4v) is 4.05. The number of carbonyl (C=O) groups excluding carboxylic acids is 5. The van der Waals surface area contributed by atoms with Gasteiger partial charge in [0.1, 0.15) is 25.9 Å². The molecule has 12 heteroatoms. The van der Waals surface area contributed by atoms with Gasteiger partial charge in [0.25, 0.3) is 0 Å². The van der Waals surface area contributed by atoms with Gasteiger partial charge < -0.3 is 35.3 Å². The van der Waals surface area contributed by atoms with E-state index in [0.29, 0.717) is 5.56 Å². The second-order valence-electron chi connectivity index (χ2n) is 10.0. The monoisotopic (exact) mass is 595 g/mol. The maximum absolute atomic E-state index is 13.2. The highest BCUT2D eigenvalue weighted by molar-refractivity contribution is 5.89. The first kappa shape index (κ1) is 32.8. The molecule has 1 aliphatic heterocycles. The van der Waals surface area contributed by atoms with Crippen LogP contribution in [0.4, 0.5) is 4.79 Å². The molecule has 0 saturated carbocycles. The summed E-state index contributed by atoms with van der Waals surface area (Å²) in [5, 5.41) is 16.9. The zero-order chi connectivity index (χ0) is 31.0. The van der Waals surface area contributed by atoms with Gasteiger partial charge in [-0.05, 0) is 30.9 Å². The fourth-order valence-electron chi connectivity index (χ4n) is 4.05. The first-order valence-corrected chi connectivity index (χ1v) is 13.9. The van der Waals surface area contributed by atoms with Gasteiger partial charge in [0.05, 0.1) is 12.5 Å². The molecule has 0 fully saturated rings. The molecule has 0 unspecified atom stereocenters. The number of aliphatic hydroxyl groups is 1. The van der Waals surface area contributed by atoms with Crippen molar-refractivity contribution in [2.75, 3.05) is 13.2 Å². The Morgan fingerprint density at radius 3 is 2.19 bits per heavy atom. The minimum Gasteiger partial charge on any atom is -0.461 e. The van der Waals surface area contributed by atoms with Gasteiger partial charge in [-0.2, -0.15) is 0 Å². The van der Waals surface area contributed by atoms with Crippen molar-refractivity contribution < 1.29 is 43.3 Å². The fraction of sp³-hybridized carbons (Fsp3) is 0.387. The van der Waals surface area contributed by atoms with E-state index >= 15 is 0 Å². The second kappa shape index (κ2) is 17.3. The normalized spacial score (nSPS) is 19.8. The summed E-state index contributed by atoms with van der Waals surface area (Å²) in [4.78, 5) is 64.1. The molecule has 3 rings (SSSR count). The lowest BCUT2D eigenvalue weighted by atomic mass is 9.98. The average Bonchev–Trinajstić information content (AvgIpc) is 3.01. The van der Waals surface area contributed by atoms with Crippen LogP contribution in [0.5, 0.6) is 0 Å². The van der Waals surface area contributed by atoms with E-state index in [0.717, 1.165) is 5.56 Å². The Hall–Kier alpha value is -4.71. The number of hydrogen-bond acceptors (Lipinski definition) is 9. The first-order valence-electron chi connectivity index (χ1n) is 13.9. The maximum Gasteiger partial charge on any atom is 0.408 e. The quantitative estimate of drug-likeness (QED) is 0.182. The van der Waals surface area contributed by atoms with E-state index in [-0.39, 0.29) is 39.1 Å². The average molecular weight is 596 g/mol. The summed E-state index contributed by atoms with van der Waals surface area (Å²) in [6.07, 6.45) is 2.23. The topological polar surface area (TPSA) is 169 Å². The van der Waals surface area contributed by atoms with E-state index in [9.17, 15) is 29.1 Å². The number of allylic oxidation sites excluding steroid dienone is 1.